The van der Waals surface area contributed by atoms with Crippen LogP contribution < -0.4 is 10.2 Å². The Balaban J connectivity index is 2.55. The molecule has 0 aromatic heterocycles. The summed E-state index contributed by atoms with van der Waals surface area (Å²) in [6.45, 7) is 4.50. The minimum atomic E-state index is -0.226. The Bertz CT molecular complexity index is 407. The fraction of sp³-hybridized carbons (Fsp3) is 0.462. The highest BCUT2D eigenvalue weighted by Crippen LogP contribution is 2.22. The van der Waals surface area contributed by atoms with Gasteiger partial charge in [0.15, 0.2) is 0 Å². The third-order valence-electron chi connectivity index (χ3n) is 2.20. The first-order valence-corrected chi connectivity index (χ1v) is 6.13. The van der Waals surface area contributed by atoms with Crippen molar-refractivity contribution in [1.29, 1.82) is 0 Å². The molecule has 1 N–H and O–H groups in total. The van der Waals surface area contributed by atoms with E-state index in [1.807, 2.05) is 13.8 Å². The van der Waals surface area contributed by atoms with E-state index in [9.17, 15) is 4.79 Å². The van der Waals surface area contributed by atoms with Crippen molar-refractivity contribution in [3.63, 3.8) is 0 Å². The molecule has 0 saturated carbocycles. The number of halogens is 1. The molecule has 0 aliphatic carbocycles. The minimum absolute atomic E-state index is 0.168. The molecule has 0 radical (unpaired) electrons. The first kappa shape index (κ1) is 14.8. The summed E-state index contributed by atoms with van der Waals surface area (Å²) in [5.74, 6) is 0.778. The molecular formula is C13H18ClNO3. The largest absolute Gasteiger partial charge is 0.496 e. The SMILES string of the molecule is COc1ccc(Cl)cc1CC(=O)NOCC(C)C. The molecule has 0 aliphatic rings. The number of carbonyl (C=O) groups excluding carboxylic acids is 1. The topological polar surface area (TPSA) is 47.6 Å². The molecule has 5 heteroatoms. The van der Waals surface area contributed by atoms with Crippen LogP contribution >= 0.6 is 11.6 Å². The maximum absolute atomic E-state index is 11.6. The number of hydroxylamine groups is 1. The van der Waals surface area contributed by atoms with E-state index < -0.39 is 0 Å². The Morgan fingerprint density at radius 1 is 1.44 bits per heavy atom. The molecule has 0 bridgehead atoms. The molecule has 4 nitrogen and oxygen atoms in total. The van der Waals surface area contributed by atoms with Gasteiger partial charge in [0, 0.05) is 10.6 Å². The lowest BCUT2D eigenvalue weighted by Gasteiger charge is -2.10. The summed E-state index contributed by atoms with van der Waals surface area (Å²) < 4.78 is 5.16. The molecule has 0 aliphatic heterocycles. The van der Waals surface area contributed by atoms with E-state index in [0.717, 1.165) is 5.56 Å². The number of rotatable bonds is 6. The molecule has 1 aromatic carbocycles. The van der Waals surface area contributed by atoms with Gasteiger partial charge in [-0.25, -0.2) is 5.48 Å². The lowest BCUT2D eigenvalue weighted by atomic mass is 10.1. The number of hydrogen-bond acceptors (Lipinski definition) is 3. The third kappa shape index (κ3) is 4.94. The van der Waals surface area contributed by atoms with Gasteiger partial charge < -0.3 is 4.74 Å². The Kier molecular flexibility index (Phi) is 5.95. The lowest BCUT2D eigenvalue weighted by molar-refractivity contribution is -0.133. The Morgan fingerprint density at radius 2 is 2.17 bits per heavy atom. The summed E-state index contributed by atoms with van der Waals surface area (Å²) >= 11 is 5.88. The predicted molar refractivity (Wildman–Crippen MR) is 70.6 cm³/mol. The second kappa shape index (κ2) is 7.24. The maximum Gasteiger partial charge on any atom is 0.248 e. The van der Waals surface area contributed by atoms with Gasteiger partial charge in [-0.15, -0.1) is 0 Å². The first-order valence-electron chi connectivity index (χ1n) is 5.76. The smallest absolute Gasteiger partial charge is 0.248 e. The van der Waals surface area contributed by atoms with E-state index in [1.165, 1.54) is 0 Å². The Morgan fingerprint density at radius 3 is 2.78 bits per heavy atom. The number of hydrogen-bond donors (Lipinski definition) is 1. The second-order valence-corrected chi connectivity index (χ2v) is 4.80. The summed E-state index contributed by atoms with van der Waals surface area (Å²) in [6.07, 6.45) is 0.168. The summed E-state index contributed by atoms with van der Waals surface area (Å²) in [5.41, 5.74) is 3.13. The number of benzene rings is 1. The fourth-order valence-corrected chi connectivity index (χ4v) is 1.58. The van der Waals surface area contributed by atoms with Crippen molar-refractivity contribution in [2.45, 2.75) is 20.3 Å². The van der Waals surface area contributed by atoms with Crippen LogP contribution in [-0.4, -0.2) is 19.6 Å². The molecule has 0 fully saturated rings. The summed E-state index contributed by atoms with van der Waals surface area (Å²) in [5, 5.41) is 0.571. The van der Waals surface area contributed by atoms with Gasteiger partial charge in [0.2, 0.25) is 5.91 Å². The number of nitrogens with one attached hydrogen (secondary N) is 1. The first-order chi connectivity index (χ1) is 8.52. The van der Waals surface area contributed by atoms with Crippen LogP contribution in [0.15, 0.2) is 18.2 Å². The zero-order valence-electron chi connectivity index (χ0n) is 10.8. The van der Waals surface area contributed by atoms with E-state index in [0.29, 0.717) is 23.3 Å². The molecule has 0 spiro atoms. The molecule has 100 valence electrons. The van der Waals surface area contributed by atoms with Crippen molar-refractivity contribution in [1.82, 2.24) is 5.48 Å². The Labute approximate surface area is 112 Å². The highest BCUT2D eigenvalue weighted by atomic mass is 35.5. The highest BCUT2D eigenvalue weighted by Gasteiger charge is 2.09. The molecule has 1 amide bonds. The minimum Gasteiger partial charge on any atom is -0.496 e. The van der Waals surface area contributed by atoms with E-state index in [4.69, 9.17) is 21.2 Å². The molecule has 0 saturated heterocycles. The monoisotopic (exact) mass is 271 g/mol. The van der Waals surface area contributed by atoms with Crippen molar-refractivity contribution in [2.75, 3.05) is 13.7 Å². The van der Waals surface area contributed by atoms with Crippen molar-refractivity contribution >= 4 is 17.5 Å². The van der Waals surface area contributed by atoms with E-state index >= 15 is 0 Å². The normalized spacial score (nSPS) is 10.5. The van der Waals surface area contributed by atoms with Gasteiger partial charge in [0.1, 0.15) is 5.75 Å². The number of carbonyl (C=O) groups is 1. The average molecular weight is 272 g/mol. The van der Waals surface area contributed by atoms with Gasteiger partial charge in [-0.3, -0.25) is 9.63 Å². The van der Waals surface area contributed by atoms with Crippen molar-refractivity contribution in [2.24, 2.45) is 5.92 Å². The van der Waals surface area contributed by atoms with Gasteiger partial charge in [-0.05, 0) is 24.1 Å². The maximum atomic E-state index is 11.6. The van der Waals surface area contributed by atoms with Gasteiger partial charge in [0.25, 0.3) is 0 Å². The highest BCUT2D eigenvalue weighted by molar-refractivity contribution is 6.30. The predicted octanol–water partition coefficient (Wildman–Crippen LogP) is 2.59. The van der Waals surface area contributed by atoms with Crippen LogP contribution in [-0.2, 0) is 16.1 Å². The van der Waals surface area contributed by atoms with Crippen LogP contribution in [0.1, 0.15) is 19.4 Å². The third-order valence-corrected chi connectivity index (χ3v) is 2.43. The molecular weight excluding hydrogens is 254 g/mol. The van der Waals surface area contributed by atoms with Crippen LogP contribution in [0.2, 0.25) is 5.02 Å². The molecule has 0 atom stereocenters. The van der Waals surface area contributed by atoms with Crippen LogP contribution in [0.3, 0.4) is 0 Å². The Hall–Kier alpha value is -1.26. The van der Waals surface area contributed by atoms with Gasteiger partial charge >= 0.3 is 0 Å². The van der Waals surface area contributed by atoms with Crippen LogP contribution in [0, 0.1) is 5.92 Å². The van der Waals surface area contributed by atoms with Crippen LogP contribution in [0.25, 0.3) is 0 Å². The zero-order chi connectivity index (χ0) is 13.5. The second-order valence-electron chi connectivity index (χ2n) is 4.36. The lowest BCUT2D eigenvalue weighted by Crippen LogP contribution is -2.27. The molecule has 1 aromatic rings. The van der Waals surface area contributed by atoms with E-state index in [2.05, 4.69) is 5.48 Å². The van der Waals surface area contributed by atoms with E-state index in [1.54, 1.807) is 25.3 Å². The summed E-state index contributed by atoms with van der Waals surface area (Å²) in [4.78, 5) is 16.7. The van der Waals surface area contributed by atoms with Crippen molar-refractivity contribution in [3.05, 3.63) is 28.8 Å². The molecule has 0 heterocycles. The van der Waals surface area contributed by atoms with Gasteiger partial charge in [0.05, 0.1) is 20.1 Å². The standard InChI is InChI=1S/C13H18ClNO3/c1-9(2)8-18-15-13(16)7-10-6-11(14)4-5-12(10)17-3/h4-6,9H,7-8H2,1-3H3,(H,15,16). The zero-order valence-corrected chi connectivity index (χ0v) is 11.6. The van der Waals surface area contributed by atoms with E-state index in [-0.39, 0.29) is 12.3 Å². The van der Waals surface area contributed by atoms with Gasteiger partial charge in [-0.1, -0.05) is 25.4 Å². The molecule has 1 rings (SSSR count). The van der Waals surface area contributed by atoms with Crippen molar-refractivity contribution in [3.8, 4) is 5.75 Å². The average Bonchev–Trinajstić information content (AvgIpc) is 2.28. The summed E-state index contributed by atoms with van der Waals surface area (Å²) in [6, 6.07) is 5.17. The van der Waals surface area contributed by atoms with Crippen molar-refractivity contribution < 1.29 is 14.4 Å². The molecule has 18 heavy (non-hydrogen) atoms. The van der Waals surface area contributed by atoms with Crippen LogP contribution in [0.5, 0.6) is 5.75 Å². The number of methoxy groups -OCH3 is 1. The molecule has 0 unspecified atom stereocenters. The number of amides is 1. The number of ether oxygens (including phenoxy) is 1. The quantitative estimate of drug-likeness (QED) is 0.809. The summed E-state index contributed by atoms with van der Waals surface area (Å²) in [7, 11) is 1.56. The van der Waals surface area contributed by atoms with Crippen LogP contribution in [0.4, 0.5) is 0 Å². The van der Waals surface area contributed by atoms with Gasteiger partial charge in [-0.2, -0.15) is 0 Å². The fourth-order valence-electron chi connectivity index (χ4n) is 1.38.